The fourth-order valence-corrected chi connectivity index (χ4v) is 10.3. The van der Waals surface area contributed by atoms with Crippen molar-refractivity contribution in [3.05, 3.63) is 34.9 Å². The summed E-state index contributed by atoms with van der Waals surface area (Å²) >= 11 is 0. The van der Waals surface area contributed by atoms with E-state index in [2.05, 4.69) is 19.9 Å². The normalized spacial score (nSPS) is 39.5. The molecule has 0 aromatic rings. The zero-order chi connectivity index (χ0) is 30.0. The molecule has 10 unspecified atom stereocenters. The Balaban J connectivity index is 1.27. The first kappa shape index (κ1) is 32.0. The van der Waals surface area contributed by atoms with E-state index in [1.54, 1.807) is 6.92 Å². The van der Waals surface area contributed by atoms with Crippen LogP contribution in [0.1, 0.15) is 124 Å². The Kier molecular flexibility index (Phi) is 10.5. The maximum absolute atomic E-state index is 14.4. The second kappa shape index (κ2) is 13.7. The minimum Gasteiger partial charge on any atom is -0.389 e. The first-order chi connectivity index (χ1) is 20.0. The number of aliphatic hydroxyl groups excluding tert-OH is 1. The molecule has 236 valence electrons. The van der Waals surface area contributed by atoms with Gasteiger partial charge in [-0.1, -0.05) is 75.3 Å². The summed E-state index contributed by atoms with van der Waals surface area (Å²) in [6, 6.07) is 0. The van der Waals surface area contributed by atoms with Gasteiger partial charge in [0.25, 0.3) is 0 Å². The Morgan fingerprint density at radius 3 is 2.48 bits per heavy atom. The molecule has 0 heterocycles. The summed E-state index contributed by atoms with van der Waals surface area (Å²) in [6.45, 7) is 6.58. The van der Waals surface area contributed by atoms with E-state index in [-0.39, 0.29) is 5.92 Å². The molecular weight excluding hydrogens is 531 g/mol. The molecule has 5 aliphatic rings. The number of hydrogen-bond donors (Lipinski definition) is 2. The Labute approximate surface area is 253 Å². The number of halogens is 3. The van der Waals surface area contributed by atoms with Crippen LogP contribution >= 0.6 is 0 Å². The van der Waals surface area contributed by atoms with Crippen molar-refractivity contribution in [2.24, 2.45) is 53.3 Å². The van der Waals surface area contributed by atoms with E-state index in [9.17, 15) is 18.3 Å². The number of allylic oxidation sites excluding steroid dienone is 5. The molecule has 3 fully saturated rings. The van der Waals surface area contributed by atoms with Crippen LogP contribution in [0.25, 0.3) is 0 Å². The highest BCUT2D eigenvalue weighted by Gasteiger charge is 2.48. The second-order valence-electron chi connectivity index (χ2n) is 15.1. The maximum Gasteiger partial charge on any atom is 0.395 e. The molecule has 0 aliphatic heterocycles. The summed E-state index contributed by atoms with van der Waals surface area (Å²) in [6.07, 6.45) is 17.0. The highest BCUT2D eigenvalue weighted by atomic mass is 19.4. The predicted molar refractivity (Wildman–Crippen MR) is 166 cm³/mol. The van der Waals surface area contributed by atoms with Gasteiger partial charge in [0.1, 0.15) is 0 Å². The number of fused-ring (bicyclic) bond motifs is 1. The number of alkyl halides is 3. The maximum atomic E-state index is 14.4. The van der Waals surface area contributed by atoms with Crippen LogP contribution < -0.4 is 0 Å². The van der Waals surface area contributed by atoms with Crippen LogP contribution in [0.15, 0.2) is 34.9 Å². The van der Waals surface area contributed by atoms with Gasteiger partial charge in [0.15, 0.2) is 0 Å². The van der Waals surface area contributed by atoms with E-state index < -0.39 is 24.1 Å². The van der Waals surface area contributed by atoms with Crippen LogP contribution in [0.4, 0.5) is 13.2 Å². The molecule has 3 saturated carbocycles. The smallest absolute Gasteiger partial charge is 0.389 e. The molecule has 5 rings (SSSR count). The van der Waals surface area contributed by atoms with Gasteiger partial charge in [-0.15, -0.1) is 0 Å². The van der Waals surface area contributed by atoms with Crippen molar-refractivity contribution in [1.82, 2.24) is 0 Å². The van der Waals surface area contributed by atoms with Gasteiger partial charge in [0, 0.05) is 5.71 Å². The van der Waals surface area contributed by atoms with Crippen molar-refractivity contribution >= 4 is 5.71 Å². The third-order valence-electron chi connectivity index (χ3n) is 12.6. The lowest BCUT2D eigenvalue weighted by Gasteiger charge is -2.51. The van der Waals surface area contributed by atoms with Gasteiger partial charge in [-0.2, -0.15) is 13.2 Å². The lowest BCUT2D eigenvalue weighted by atomic mass is 9.54. The predicted octanol–water partition coefficient (Wildman–Crippen LogP) is 10.6. The van der Waals surface area contributed by atoms with Crippen LogP contribution in [0.5, 0.6) is 0 Å². The van der Waals surface area contributed by atoms with Crippen molar-refractivity contribution < 1.29 is 18.3 Å². The zero-order valence-corrected chi connectivity index (χ0v) is 26.4. The molecule has 0 saturated heterocycles. The van der Waals surface area contributed by atoms with Gasteiger partial charge in [0.2, 0.25) is 0 Å². The van der Waals surface area contributed by atoms with Crippen LogP contribution in [-0.4, -0.2) is 23.1 Å². The Hall–Kier alpha value is -1.36. The average Bonchev–Trinajstić information content (AvgIpc) is 3.16. The van der Waals surface area contributed by atoms with E-state index in [4.69, 9.17) is 5.41 Å². The molecule has 5 heteroatoms. The quantitative estimate of drug-likeness (QED) is 0.298. The number of hydrogen-bond acceptors (Lipinski definition) is 2. The van der Waals surface area contributed by atoms with Crippen LogP contribution in [0, 0.1) is 58.7 Å². The van der Waals surface area contributed by atoms with Crippen LogP contribution in [0.3, 0.4) is 0 Å². The first-order valence-corrected chi connectivity index (χ1v) is 17.4. The van der Waals surface area contributed by atoms with Crippen molar-refractivity contribution in [2.75, 3.05) is 0 Å². The van der Waals surface area contributed by atoms with Gasteiger partial charge in [-0.3, -0.25) is 0 Å². The van der Waals surface area contributed by atoms with Gasteiger partial charge in [-0.25, -0.2) is 0 Å². The molecule has 0 aromatic carbocycles. The van der Waals surface area contributed by atoms with E-state index in [0.717, 1.165) is 73.3 Å². The molecule has 10 atom stereocenters. The minimum absolute atomic E-state index is 0.204. The topological polar surface area (TPSA) is 44.1 Å². The summed E-state index contributed by atoms with van der Waals surface area (Å²) in [7, 11) is 0. The second-order valence-corrected chi connectivity index (χ2v) is 15.1. The van der Waals surface area contributed by atoms with E-state index in [0.29, 0.717) is 48.8 Å². The molecule has 0 aromatic heterocycles. The monoisotopic (exact) mass is 587 g/mol. The number of rotatable bonds is 6. The molecular formula is C37H56F3NO. The first-order valence-electron chi connectivity index (χ1n) is 17.4. The lowest BCUT2D eigenvalue weighted by molar-refractivity contribution is -0.179. The standard InChI is InChI=1S/C37H56F3NO/c1-23-11-15-29(22-33(23)35-24(2)12-14-28-8-4-5-10-32(28)35)34(42)20-18-27-16-17-30(36(25(27)3)37(38,39)40)21-26-7-6-9-31(41)19-13-26/h7,18,20,23-24,28-30,32-36,41-42H,4-6,8-17,19,21-22H2,1-3H3. The molecule has 2 nitrogen and oxygen atoms in total. The van der Waals surface area contributed by atoms with Gasteiger partial charge < -0.3 is 10.5 Å². The third kappa shape index (κ3) is 7.29. The molecule has 0 amide bonds. The van der Waals surface area contributed by atoms with E-state index in [1.165, 1.54) is 38.5 Å². The summed E-state index contributed by atoms with van der Waals surface area (Å²) in [5, 5.41) is 19.3. The molecule has 0 radical (unpaired) electrons. The Morgan fingerprint density at radius 2 is 1.69 bits per heavy atom. The number of aliphatic hydroxyl groups is 1. The molecule has 0 bridgehead atoms. The summed E-state index contributed by atoms with van der Waals surface area (Å²) in [5.74, 6) is 2.95. The van der Waals surface area contributed by atoms with Gasteiger partial charge in [-0.05, 0) is 130 Å². The van der Waals surface area contributed by atoms with Crippen LogP contribution in [0.2, 0.25) is 0 Å². The van der Waals surface area contributed by atoms with Crippen LogP contribution in [-0.2, 0) is 0 Å². The van der Waals surface area contributed by atoms with E-state index in [1.807, 2.05) is 12.2 Å². The Bertz CT molecular complexity index is 1040. The van der Waals surface area contributed by atoms with E-state index >= 15 is 0 Å². The molecule has 0 spiro atoms. The fraction of sp³-hybridized carbons (Fsp3) is 0.811. The third-order valence-corrected chi connectivity index (χ3v) is 12.6. The van der Waals surface area contributed by atoms with Crippen molar-refractivity contribution in [1.29, 1.82) is 5.41 Å². The zero-order valence-electron chi connectivity index (χ0n) is 26.4. The highest BCUT2D eigenvalue weighted by Crippen LogP contribution is 2.54. The van der Waals surface area contributed by atoms with Crippen molar-refractivity contribution in [3.63, 3.8) is 0 Å². The average molecular weight is 588 g/mol. The fourth-order valence-electron chi connectivity index (χ4n) is 10.3. The number of nitrogens with one attached hydrogen (secondary N) is 1. The van der Waals surface area contributed by atoms with Crippen molar-refractivity contribution in [2.45, 2.75) is 136 Å². The summed E-state index contributed by atoms with van der Waals surface area (Å²) in [5.41, 5.74) is 3.03. The Morgan fingerprint density at radius 1 is 0.929 bits per heavy atom. The lowest BCUT2D eigenvalue weighted by Crippen LogP contribution is -2.44. The minimum atomic E-state index is -4.27. The summed E-state index contributed by atoms with van der Waals surface area (Å²) < 4.78 is 43.3. The van der Waals surface area contributed by atoms with Crippen molar-refractivity contribution in [3.8, 4) is 0 Å². The summed E-state index contributed by atoms with van der Waals surface area (Å²) in [4.78, 5) is 0. The van der Waals surface area contributed by atoms with Gasteiger partial charge in [0.05, 0.1) is 12.0 Å². The SMILES string of the molecule is CC1=C(C=CC(O)C2CCC(C)C(C3C(C)CCC4CCCCC43)C2)CCC(CC2=CCCC(=N)CC2)C1C(F)(F)F. The molecule has 5 aliphatic carbocycles. The highest BCUT2D eigenvalue weighted by molar-refractivity contribution is 5.82. The molecule has 2 N–H and O–H groups in total. The van der Waals surface area contributed by atoms with Gasteiger partial charge >= 0.3 is 6.18 Å². The largest absolute Gasteiger partial charge is 0.395 e. The molecule has 42 heavy (non-hydrogen) atoms.